The zero-order chi connectivity index (χ0) is 12.1. The molecule has 86 valence electrons. The summed E-state index contributed by atoms with van der Waals surface area (Å²) in [6.07, 6.45) is 8.79. The van der Waals surface area contributed by atoms with Crippen molar-refractivity contribution in [3.05, 3.63) is 30.5 Å². The van der Waals surface area contributed by atoms with E-state index in [4.69, 9.17) is 6.42 Å². The summed E-state index contributed by atoms with van der Waals surface area (Å²) in [5.74, 6) is 3.30. The highest BCUT2D eigenvalue weighted by molar-refractivity contribution is 5.78. The van der Waals surface area contributed by atoms with Crippen molar-refractivity contribution in [2.24, 2.45) is 0 Å². The van der Waals surface area contributed by atoms with E-state index in [1.807, 2.05) is 30.5 Å². The van der Waals surface area contributed by atoms with Crippen LogP contribution in [0.1, 0.15) is 19.8 Å². The first kappa shape index (κ1) is 11.4. The molecule has 1 N–H and O–H groups in total. The summed E-state index contributed by atoms with van der Waals surface area (Å²) in [5, 5.41) is 4.30. The Hall–Kier alpha value is -2.08. The average Bonchev–Trinajstić information content (AvgIpc) is 2.38. The van der Waals surface area contributed by atoms with Crippen LogP contribution in [0.4, 0.5) is 5.95 Å². The fourth-order valence-corrected chi connectivity index (χ4v) is 1.66. The Bertz CT molecular complexity index is 542. The SMILES string of the molecule is C#CCC(CC)Nc1ncc2ccccc2n1. The molecule has 0 fully saturated rings. The maximum absolute atomic E-state index is 5.32. The average molecular weight is 225 g/mol. The summed E-state index contributed by atoms with van der Waals surface area (Å²) in [6.45, 7) is 2.09. The topological polar surface area (TPSA) is 37.8 Å². The predicted octanol–water partition coefficient (Wildman–Crippen LogP) is 2.84. The van der Waals surface area contributed by atoms with Crippen LogP contribution in [-0.2, 0) is 0 Å². The first-order chi connectivity index (χ1) is 8.33. The minimum Gasteiger partial charge on any atom is -0.351 e. The molecular weight excluding hydrogens is 210 g/mol. The quantitative estimate of drug-likeness (QED) is 0.813. The maximum atomic E-state index is 5.32. The molecule has 0 aliphatic heterocycles. The molecule has 1 heterocycles. The third-order valence-electron chi connectivity index (χ3n) is 2.68. The van der Waals surface area contributed by atoms with E-state index in [1.54, 1.807) is 0 Å². The number of nitrogens with one attached hydrogen (secondary N) is 1. The molecule has 2 rings (SSSR count). The highest BCUT2D eigenvalue weighted by Gasteiger charge is 2.06. The number of nitrogens with zero attached hydrogens (tertiary/aromatic N) is 2. The number of para-hydroxylation sites is 1. The lowest BCUT2D eigenvalue weighted by Gasteiger charge is -2.13. The van der Waals surface area contributed by atoms with E-state index in [-0.39, 0.29) is 6.04 Å². The van der Waals surface area contributed by atoms with Gasteiger partial charge in [0.05, 0.1) is 5.52 Å². The third kappa shape index (κ3) is 2.73. The number of hydrogen-bond acceptors (Lipinski definition) is 3. The van der Waals surface area contributed by atoms with E-state index >= 15 is 0 Å². The van der Waals surface area contributed by atoms with Gasteiger partial charge in [-0.1, -0.05) is 25.1 Å². The van der Waals surface area contributed by atoms with E-state index in [0.29, 0.717) is 12.4 Å². The van der Waals surface area contributed by atoms with Crippen LogP contribution in [0.15, 0.2) is 30.5 Å². The fraction of sp³-hybridized carbons (Fsp3) is 0.286. The largest absolute Gasteiger partial charge is 0.351 e. The molecule has 0 spiro atoms. The Morgan fingerprint density at radius 1 is 1.41 bits per heavy atom. The van der Waals surface area contributed by atoms with Crippen molar-refractivity contribution in [2.45, 2.75) is 25.8 Å². The van der Waals surface area contributed by atoms with Crippen molar-refractivity contribution in [1.29, 1.82) is 0 Å². The van der Waals surface area contributed by atoms with Crippen molar-refractivity contribution in [1.82, 2.24) is 9.97 Å². The summed E-state index contributed by atoms with van der Waals surface area (Å²) in [6, 6.07) is 8.16. The van der Waals surface area contributed by atoms with Crippen LogP contribution >= 0.6 is 0 Å². The Balaban J connectivity index is 2.22. The molecule has 2 aromatic rings. The molecule has 0 saturated heterocycles. The van der Waals surface area contributed by atoms with Crippen molar-refractivity contribution in [2.75, 3.05) is 5.32 Å². The number of rotatable bonds is 4. The highest BCUT2D eigenvalue weighted by Crippen LogP contribution is 2.13. The summed E-state index contributed by atoms with van der Waals surface area (Å²) in [7, 11) is 0. The Labute approximate surface area is 101 Å². The van der Waals surface area contributed by atoms with Crippen molar-refractivity contribution < 1.29 is 0 Å². The van der Waals surface area contributed by atoms with Crippen LogP contribution in [0, 0.1) is 12.3 Å². The normalized spacial score (nSPS) is 12.0. The second-order valence-electron chi connectivity index (χ2n) is 3.91. The van der Waals surface area contributed by atoms with Crippen LogP contribution in [0.3, 0.4) is 0 Å². The monoisotopic (exact) mass is 225 g/mol. The van der Waals surface area contributed by atoms with Crippen molar-refractivity contribution in [3.63, 3.8) is 0 Å². The lowest BCUT2D eigenvalue weighted by Crippen LogP contribution is -2.19. The Morgan fingerprint density at radius 3 is 3.00 bits per heavy atom. The van der Waals surface area contributed by atoms with Gasteiger partial charge in [0.25, 0.3) is 0 Å². The standard InChI is InChI=1S/C14H15N3/c1-3-7-12(4-2)16-14-15-10-11-8-5-6-9-13(11)17-14/h1,5-6,8-10,12H,4,7H2,2H3,(H,15,16,17). The Kier molecular flexibility index (Phi) is 3.56. The molecule has 0 aliphatic carbocycles. The second-order valence-corrected chi connectivity index (χ2v) is 3.91. The van der Waals surface area contributed by atoms with Gasteiger partial charge in [-0.25, -0.2) is 9.97 Å². The maximum Gasteiger partial charge on any atom is 0.223 e. The lowest BCUT2D eigenvalue weighted by molar-refractivity contribution is 0.707. The van der Waals surface area contributed by atoms with Gasteiger partial charge in [0.15, 0.2) is 0 Å². The van der Waals surface area contributed by atoms with E-state index in [2.05, 4.69) is 28.1 Å². The molecule has 0 radical (unpaired) electrons. The van der Waals surface area contributed by atoms with Crippen LogP contribution in [-0.4, -0.2) is 16.0 Å². The smallest absolute Gasteiger partial charge is 0.223 e. The number of terminal acetylenes is 1. The predicted molar refractivity (Wildman–Crippen MR) is 70.7 cm³/mol. The zero-order valence-electron chi connectivity index (χ0n) is 9.85. The number of aromatic nitrogens is 2. The molecule has 1 aromatic heterocycles. The first-order valence-corrected chi connectivity index (χ1v) is 5.75. The minimum absolute atomic E-state index is 0.237. The van der Waals surface area contributed by atoms with Crippen LogP contribution in [0.5, 0.6) is 0 Å². The summed E-state index contributed by atoms with van der Waals surface area (Å²) in [5.41, 5.74) is 0.945. The third-order valence-corrected chi connectivity index (χ3v) is 2.68. The molecule has 1 aromatic carbocycles. The molecule has 0 bridgehead atoms. The van der Waals surface area contributed by atoms with Crippen molar-refractivity contribution >= 4 is 16.9 Å². The summed E-state index contributed by atoms with van der Waals surface area (Å²) < 4.78 is 0. The number of fused-ring (bicyclic) bond motifs is 1. The zero-order valence-corrected chi connectivity index (χ0v) is 9.85. The highest BCUT2D eigenvalue weighted by atomic mass is 15.1. The van der Waals surface area contributed by atoms with E-state index in [0.717, 1.165) is 17.3 Å². The van der Waals surface area contributed by atoms with Gasteiger partial charge in [0.2, 0.25) is 5.95 Å². The van der Waals surface area contributed by atoms with Gasteiger partial charge < -0.3 is 5.32 Å². The molecule has 1 atom stereocenters. The minimum atomic E-state index is 0.237. The van der Waals surface area contributed by atoms with E-state index < -0.39 is 0 Å². The summed E-state index contributed by atoms with van der Waals surface area (Å²) >= 11 is 0. The molecule has 3 nitrogen and oxygen atoms in total. The van der Waals surface area contributed by atoms with E-state index in [9.17, 15) is 0 Å². The van der Waals surface area contributed by atoms with Gasteiger partial charge in [0, 0.05) is 24.0 Å². The Morgan fingerprint density at radius 2 is 2.24 bits per heavy atom. The van der Waals surface area contributed by atoms with Gasteiger partial charge in [-0.05, 0) is 12.5 Å². The number of anilines is 1. The van der Waals surface area contributed by atoms with Crippen molar-refractivity contribution in [3.8, 4) is 12.3 Å². The fourth-order valence-electron chi connectivity index (χ4n) is 1.66. The molecule has 0 amide bonds. The first-order valence-electron chi connectivity index (χ1n) is 5.75. The van der Waals surface area contributed by atoms with Crippen LogP contribution in [0.25, 0.3) is 10.9 Å². The number of hydrogen-bond donors (Lipinski definition) is 1. The molecular formula is C14H15N3. The molecule has 0 saturated carbocycles. The lowest BCUT2D eigenvalue weighted by atomic mass is 10.1. The second kappa shape index (κ2) is 5.31. The van der Waals surface area contributed by atoms with Gasteiger partial charge in [-0.3, -0.25) is 0 Å². The molecule has 0 aliphatic rings. The summed E-state index contributed by atoms with van der Waals surface area (Å²) in [4.78, 5) is 8.74. The molecule has 1 unspecified atom stereocenters. The van der Waals surface area contributed by atoms with Gasteiger partial charge in [-0.15, -0.1) is 12.3 Å². The molecule has 17 heavy (non-hydrogen) atoms. The van der Waals surface area contributed by atoms with Crippen LogP contribution < -0.4 is 5.32 Å². The van der Waals surface area contributed by atoms with Gasteiger partial charge in [0.1, 0.15) is 0 Å². The van der Waals surface area contributed by atoms with Crippen LogP contribution in [0.2, 0.25) is 0 Å². The molecule has 3 heteroatoms. The number of benzene rings is 1. The van der Waals surface area contributed by atoms with Gasteiger partial charge in [-0.2, -0.15) is 0 Å². The van der Waals surface area contributed by atoms with Gasteiger partial charge >= 0.3 is 0 Å². The van der Waals surface area contributed by atoms with E-state index in [1.165, 1.54) is 0 Å².